The number of amides is 3. The first kappa shape index (κ1) is 23.4. The van der Waals surface area contributed by atoms with E-state index >= 15 is 0 Å². The van der Waals surface area contributed by atoms with Crippen LogP contribution in [0.25, 0.3) is 0 Å². The van der Waals surface area contributed by atoms with Gasteiger partial charge in [0.1, 0.15) is 6.04 Å². The monoisotopic (exact) mass is 470 g/mol. The van der Waals surface area contributed by atoms with E-state index in [9.17, 15) is 18.0 Å². The van der Waals surface area contributed by atoms with Gasteiger partial charge in [-0.05, 0) is 55.0 Å². The van der Waals surface area contributed by atoms with Crippen LogP contribution in [0, 0.1) is 0 Å². The molecule has 0 bridgehead atoms. The number of fused-ring (bicyclic) bond motifs is 1. The number of nitrogens with one attached hydrogen (secondary N) is 2. The van der Waals surface area contributed by atoms with Crippen molar-refractivity contribution in [3.05, 3.63) is 65.2 Å². The minimum absolute atomic E-state index is 0.275. The number of piperazine rings is 1. The number of sulfonamides is 1. The standard InChI is InChI=1S/C24H30N4O4S/c1-2-25-24(30)26-23(29)22(19-7-4-3-5-8-19)27-13-15-28(16-14-27)33(31,32)21-12-11-18-9-6-10-20(18)17-21/h3-5,7-8,11-12,17,22H,2,6,9-10,13-16H2,1H3,(H2,25,26,29,30). The van der Waals surface area contributed by atoms with E-state index in [2.05, 4.69) is 10.6 Å². The zero-order chi connectivity index (χ0) is 23.4. The molecule has 0 saturated carbocycles. The van der Waals surface area contributed by atoms with E-state index in [0.29, 0.717) is 24.5 Å². The summed E-state index contributed by atoms with van der Waals surface area (Å²) in [7, 11) is -3.60. The van der Waals surface area contributed by atoms with Gasteiger partial charge in [0.2, 0.25) is 15.9 Å². The minimum Gasteiger partial charge on any atom is -0.338 e. The lowest BCUT2D eigenvalue weighted by atomic mass is 10.0. The van der Waals surface area contributed by atoms with Crippen LogP contribution in [0.3, 0.4) is 0 Å². The summed E-state index contributed by atoms with van der Waals surface area (Å²) < 4.78 is 28.0. The Morgan fingerprint density at radius 2 is 1.67 bits per heavy atom. The molecule has 1 fully saturated rings. The van der Waals surface area contributed by atoms with Crippen LogP contribution < -0.4 is 10.6 Å². The van der Waals surface area contributed by atoms with Crippen molar-refractivity contribution in [2.45, 2.75) is 37.1 Å². The fraction of sp³-hybridized carbons (Fsp3) is 0.417. The molecule has 1 aliphatic heterocycles. The van der Waals surface area contributed by atoms with Crippen molar-refractivity contribution >= 4 is 22.0 Å². The molecule has 2 aromatic rings. The zero-order valence-corrected chi connectivity index (χ0v) is 19.6. The van der Waals surface area contributed by atoms with Crippen LogP contribution in [-0.2, 0) is 27.7 Å². The molecule has 0 aromatic heterocycles. The van der Waals surface area contributed by atoms with Crippen LogP contribution in [-0.4, -0.2) is 62.3 Å². The second-order valence-electron chi connectivity index (χ2n) is 8.39. The predicted molar refractivity (Wildman–Crippen MR) is 125 cm³/mol. The average Bonchev–Trinajstić information content (AvgIpc) is 3.28. The molecule has 1 aliphatic carbocycles. The lowest BCUT2D eigenvalue weighted by molar-refractivity contribution is -0.126. The molecule has 1 saturated heterocycles. The summed E-state index contributed by atoms with van der Waals surface area (Å²) >= 11 is 0. The van der Waals surface area contributed by atoms with E-state index in [0.717, 1.165) is 30.4 Å². The molecule has 4 rings (SSSR count). The zero-order valence-electron chi connectivity index (χ0n) is 18.8. The van der Waals surface area contributed by atoms with Gasteiger partial charge in [0.25, 0.3) is 0 Å². The van der Waals surface area contributed by atoms with Crippen LogP contribution in [0.1, 0.15) is 36.1 Å². The van der Waals surface area contributed by atoms with Crippen molar-refractivity contribution in [3.63, 3.8) is 0 Å². The smallest absolute Gasteiger partial charge is 0.321 e. The van der Waals surface area contributed by atoms with Gasteiger partial charge >= 0.3 is 6.03 Å². The summed E-state index contributed by atoms with van der Waals surface area (Å²) in [5.41, 5.74) is 3.12. The Morgan fingerprint density at radius 3 is 2.36 bits per heavy atom. The Morgan fingerprint density at radius 1 is 0.970 bits per heavy atom. The summed E-state index contributed by atoms with van der Waals surface area (Å²) in [4.78, 5) is 27.2. The molecule has 8 nitrogen and oxygen atoms in total. The van der Waals surface area contributed by atoms with Crippen molar-refractivity contribution in [1.82, 2.24) is 19.8 Å². The highest BCUT2D eigenvalue weighted by Crippen LogP contribution is 2.28. The van der Waals surface area contributed by atoms with Gasteiger partial charge in [-0.1, -0.05) is 36.4 Å². The number of urea groups is 1. The van der Waals surface area contributed by atoms with E-state index < -0.39 is 28.0 Å². The maximum absolute atomic E-state index is 13.3. The van der Waals surface area contributed by atoms with Crippen LogP contribution in [0.4, 0.5) is 4.79 Å². The van der Waals surface area contributed by atoms with Crippen molar-refractivity contribution < 1.29 is 18.0 Å². The van der Waals surface area contributed by atoms with Crippen LogP contribution in [0.15, 0.2) is 53.4 Å². The number of nitrogens with zero attached hydrogens (tertiary/aromatic N) is 2. The molecular weight excluding hydrogens is 440 g/mol. The summed E-state index contributed by atoms with van der Waals surface area (Å²) in [6.07, 6.45) is 3.00. The molecule has 1 heterocycles. The number of hydrogen-bond acceptors (Lipinski definition) is 5. The Kier molecular flexibility index (Phi) is 7.11. The van der Waals surface area contributed by atoms with Gasteiger partial charge in [-0.2, -0.15) is 4.31 Å². The lowest BCUT2D eigenvalue weighted by Gasteiger charge is -2.38. The van der Waals surface area contributed by atoms with Gasteiger partial charge in [0.15, 0.2) is 0 Å². The second kappa shape index (κ2) is 10.0. The number of imide groups is 1. The molecular formula is C24H30N4O4S. The summed E-state index contributed by atoms with van der Waals surface area (Å²) in [5, 5.41) is 4.98. The van der Waals surface area contributed by atoms with Gasteiger partial charge in [-0.25, -0.2) is 13.2 Å². The van der Waals surface area contributed by atoms with Gasteiger partial charge in [-0.3, -0.25) is 15.0 Å². The van der Waals surface area contributed by atoms with Crippen LogP contribution in [0.2, 0.25) is 0 Å². The highest BCUT2D eigenvalue weighted by molar-refractivity contribution is 7.89. The predicted octanol–water partition coefficient (Wildman–Crippen LogP) is 2.07. The average molecular weight is 471 g/mol. The molecule has 0 radical (unpaired) electrons. The Balaban J connectivity index is 1.49. The van der Waals surface area contributed by atoms with Crippen molar-refractivity contribution in [2.75, 3.05) is 32.7 Å². The third kappa shape index (κ3) is 5.10. The highest BCUT2D eigenvalue weighted by atomic mass is 32.2. The first-order valence-electron chi connectivity index (χ1n) is 11.4. The molecule has 2 N–H and O–H groups in total. The number of aryl methyl sites for hydroxylation is 2. The summed E-state index contributed by atoms with van der Waals surface area (Å²) in [6.45, 7) is 3.50. The number of rotatable bonds is 6. The molecule has 1 atom stereocenters. The van der Waals surface area contributed by atoms with Crippen LogP contribution >= 0.6 is 0 Å². The van der Waals surface area contributed by atoms with Gasteiger partial charge in [0.05, 0.1) is 4.90 Å². The lowest BCUT2D eigenvalue weighted by Crippen LogP contribution is -2.53. The van der Waals surface area contributed by atoms with Gasteiger partial charge in [-0.15, -0.1) is 0 Å². The highest BCUT2D eigenvalue weighted by Gasteiger charge is 2.35. The van der Waals surface area contributed by atoms with E-state index in [4.69, 9.17) is 0 Å². The van der Waals surface area contributed by atoms with E-state index in [-0.39, 0.29) is 13.1 Å². The SMILES string of the molecule is CCNC(=O)NC(=O)C(c1ccccc1)N1CCN(S(=O)(=O)c2ccc3c(c2)CCC3)CC1. The molecule has 9 heteroatoms. The number of carbonyl (C=O) groups excluding carboxylic acids is 2. The fourth-order valence-electron chi connectivity index (χ4n) is 4.61. The molecule has 3 amide bonds. The Bertz CT molecular complexity index is 1110. The fourth-order valence-corrected chi connectivity index (χ4v) is 6.08. The Labute approximate surface area is 195 Å². The van der Waals surface area contributed by atoms with Gasteiger partial charge in [0, 0.05) is 32.7 Å². The first-order valence-corrected chi connectivity index (χ1v) is 12.8. The molecule has 176 valence electrons. The molecule has 1 unspecified atom stereocenters. The quantitative estimate of drug-likeness (QED) is 0.674. The largest absolute Gasteiger partial charge is 0.338 e. The first-order chi connectivity index (χ1) is 15.9. The normalized spacial score (nSPS) is 17.8. The molecule has 2 aliphatic rings. The van der Waals surface area contributed by atoms with E-state index in [1.165, 1.54) is 9.87 Å². The second-order valence-corrected chi connectivity index (χ2v) is 10.3. The summed E-state index contributed by atoms with van der Waals surface area (Å²) in [6, 6.07) is 13.5. The van der Waals surface area contributed by atoms with E-state index in [1.54, 1.807) is 13.0 Å². The number of carbonyl (C=O) groups is 2. The summed E-state index contributed by atoms with van der Waals surface area (Å²) in [5.74, 6) is -0.429. The van der Waals surface area contributed by atoms with Crippen molar-refractivity contribution in [2.24, 2.45) is 0 Å². The third-order valence-electron chi connectivity index (χ3n) is 6.28. The topological polar surface area (TPSA) is 98.8 Å². The van der Waals surface area contributed by atoms with Crippen molar-refractivity contribution in [1.29, 1.82) is 0 Å². The molecule has 2 aromatic carbocycles. The van der Waals surface area contributed by atoms with Crippen molar-refractivity contribution in [3.8, 4) is 0 Å². The maximum Gasteiger partial charge on any atom is 0.321 e. The molecule has 0 spiro atoms. The number of hydrogen-bond donors (Lipinski definition) is 2. The van der Waals surface area contributed by atoms with Gasteiger partial charge < -0.3 is 5.32 Å². The van der Waals surface area contributed by atoms with Crippen LogP contribution in [0.5, 0.6) is 0 Å². The minimum atomic E-state index is -3.60. The van der Waals surface area contributed by atoms with E-state index in [1.807, 2.05) is 47.4 Å². The number of benzene rings is 2. The molecule has 33 heavy (non-hydrogen) atoms. The Hall–Kier alpha value is -2.75. The third-order valence-corrected chi connectivity index (χ3v) is 8.18. The maximum atomic E-state index is 13.3.